The molecule has 0 amide bonds. The van der Waals surface area contributed by atoms with E-state index < -0.39 is 0 Å². The molecule has 0 aromatic carbocycles. The quantitative estimate of drug-likeness (QED) is 0.574. The van der Waals surface area contributed by atoms with Crippen molar-refractivity contribution in [3.63, 3.8) is 0 Å². The van der Waals surface area contributed by atoms with Gasteiger partial charge in [0.05, 0.1) is 6.61 Å². The average Bonchev–Trinajstić information content (AvgIpc) is 2.16. The van der Waals surface area contributed by atoms with Crippen LogP contribution in [0.3, 0.4) is 0 Å². The fraction of sp³-hybridized carbons (Fsp3) is 1.00. The van der Waals surface area contributed by atoms with Crippen molar-refractivity contribution in [2.24, 2.45) is 0 Å². The molecule has 0 bridgehead atoms. The van der Waals surface area contributed by atoms with Gasteiger partial charge in [-0.25, -0.2) is 0 Å². The van der Waals surface area contributed by atoms with Crippen LogP contribution in [0, 0.1) is 0 Å². The van der Waals surface area contributed by atoms with E-state index in [4.69, 9.17) is 4.74 Å². The Morgan fingerprint density at radius 1 is 1.38 bits per heavy atom. The van der Waals surface area contributed by atoms with E-state index in [2.05, 4.69) is 31.1 Å². The molecular weight excluding hydrogens is 164 g/mol. The third kappa shape index (κ3) is 6.99. The van der Waals surface area contributed by atoms with Crippen molar-refractivity contribution < 1.29 is 4.74 Å². The van der Waals surface area contributed by atoms with Gasteiger partial charge in [-0.1, -0.05) is 6.92 Å². The molecule has 0 aliphatic carbocycles. The molecule has 3 heteroatoms. The molecule has 0 fully saturated rings. The van der Waals surface area contributed by atoms with E-state index in [1.165, 1.54) is 6.42 Å². The molecule has 0 spiro atoms. The zero-order valence-electron chi connectivity index (χ0n) is 9.47. The Balaban J connectivity index is 3.21. The summed E-state index contributed by atoms with van der Waals surface area (Å²) in [6.07, 6.45) is 1.22. The van der Waals surface area contributed by atoms with Crippen LogP contribution in [0.5, 0.6) is 0 Å². The van der Waals surface area contributed by atoms with Gasteiger partial charge in [-0.15, -0.1) is 0 Å². The number of hydrogen-bond acceptors (Lipinski definition) is 3. The lowest BCUT2D eigenvalue weighted by molar-refractivity contribution is 0.195. The maximum atomic E-state index is 4.94. The lowest BCUT2D eigenvalue weighted by Crippen LogP contribution is -2.35. The smallest absolute Gasteiger partial charge is 0.0587 e. The standard InChI is InChI=1S/C10H24N2O/c1-5-10(2)12(3)8-6-11-7-9-13-4/h10-11H,5-9H2,1-4H3. The topological polar surface area (TPSA) is 24.5 Å². The Hall–Kier alpha value is -0.120. The van der Waals surface area contributed by atoms with Crippen LogP contribution >= 0.6 is 0 Å². The molecule has 0 aromatic heterocycles. The second-order valence-corrected chi connectivity index (χ2v) is 3.48. The molecule has 1 N–H and O–H groups in total. The molecule has 0 aliphatic rings. The van der Waals surface area contributed by atoms with Gasteiger partial charge < -0.3 is 15.0 Å². The first-order chi connectivity index (χ1) is 6.22. The highest BCUT2D eigenvalue weighted by molar-refractivity contribution is 4.61. The second kappa shape index (κ2) is 8.48. The van der Waals surface area contributed by atoms with Crippen LogP contribution in [0.2, 0.25) is 0 Å². The fourth-order valence-corrected chi connectivity index (χ4v) is 1.09. The predicted octanol–water partition coefficient (Wildman–Crippen LogP) is 0.953. The van der Waals surface area contributed by atoms with E-state index >= 15 is 0 Å². The van der Waals surface area contributed by atoms with Crippen molar-refractivity contribution in [2.75, 3.05) is 40.4 Å². The van der Waals surface area contributed by atoms with E-state index in [0.717, 1.165) is 26.2 Å². The summed E-state index contributed by atoms with van der Waals surface area (Å²) in [6, 6.07) is 0.684. The van der Waals surface area contributed by atoms with Crippen molar-refractivity contribution in [2.45, 2.75) is 26.3 Å². The normalized spacial score (nSPS) is 13.6. The predicted molar refractivity (Wildman–Crippen MR) is 57.1 cm³/mol. The van der Waals surface area contributed by atoms with Gasteiger partial charge in [0, 0.05) is 32.8 Å². The lowest BCUT2D eigenvalue weighted by atomic mass is 10.2. The van der Waals surface area contributed by atoms with Gasteiger partial charge in [-0.2, -0.15) is 0 Å². The van der Waals surface area contributed by atoms with E-state index in [-0.39, 0.29) is 0 Å². The van der Waals surface area contributed by atoms with Gasteiger partial charge >= 0.3 is 0 Å². The summed E-state index contributed by atoms with van der Waals surface area (Å²) in [7, 11) is 3.90. The SMILES string of the molecule is CCC(C)N(C)CCNCCOC. The van der Waals surface area contributed by atoms with Gasteiger partial charge in [0.1, 0.15) is 0 Å². The minimum Gasteiger partial charge on any atom is -0.383 e. The summed E-state index contributed by atoms with van der Waals surface area (Å²) >= 11 is 0. The molecule has 0 saturated heterocycles. The summed E-state index contributed by atoms with van der Waals surface area (Å²) in [5.41, 5.74) is 0. The van der Waals surface area contributed by atoms with Crippen molar-refractivity contribution in [1.29, 1.82) is 0 Å². The van der Waals surface area contributed by atoms with Crippen molar-refractivity contribution in [3.8, 4) is 0 Å². The highest BCUT2D eigenvalue weighted by Gasteiger charge is 2.04. The van der Waals surface area contributed by atoms with E-state index in [0.29, 0.717) is 6.04 Å². The maximum Gasteiger partial charge on any atom is 0.0587 e. The molecule has 0 heterocycles. The Morgan fingerprint density at radius 3 is 2.62 bits per heavy atom. The third-order valence-electron chi connectivity index (χ3n) is 2.47. The minimum atomic E-state index is 0.684. The number of rotatable bonds is 8. The molecular formula is C10H24N2O. The first-order valence-electron chi connectivity index (χ1n) is 5.12. The Labute approximate surface area is 82.4 Å². The summed E-state index contributed by atoms with van der Waals surface area (Å²) in [5, 5.41) is 3.33. The molecule has 0 rings (SSSR count). The minimum absolute atomic E-state index is 0.684. The molecule has 0 saturated carbocycles. The molecule has 0 aromatic rings. The van der Waals surface area contributed by atoms with Gasteiger partial charge in [-0.3, -0.25) is 0 Å². The molecule has 13 heavy (non-hydrogen) atoms. The van der Waals surface area contributed by atoms with Gasteiger partial charge in [0.2, 0.25) is 0 Å². The number of nitrogens with zero attached hydrogens (tertiary/aromatic N) is 1. The Kier molecular flexibility index (Phi) is 8.40. The van der Waals surface area contributed by atoms with E-state index in [1.807, 2.05) is 0 Å². The first kappa shape index (κ1) is 12.9. The summed E-state index contributed by atoms with van der Waals surface area (Å²) in [6.45, 7) is 8.38. The van der Waals surface area contributed by atoms with Crippen LogP contribution in [0.1, 0.15) is 20.3 Å². The molecule has 1 atom stereocenters. The summed E-state index contributed by atoms with van der Waals surface area (Å²) < 4.78 is 4.94. The number of nitrogens with one attached hydrogen (secondary N) is 1. The van der Waals surface area contributed by atoms with Gasteiger partial charge in [-0.05, 0) is 20.4 Å². The lowest BCUT2D eigenvalue weighted by Gasteiger charge is -2.23. The van der Waals surface area contributed by atoms with Crippen molar-refractivity contribution in [3.05, 3.63) is 0 Å². The van der Waals surface area contributed by atoms with Crippen LogP contribution in [-0.2, 0) is 4.74 Å². The molecule has 3 nitrogen and oxygen atoms in total. The van der Waals surface area contributed by atoms with Crippen LogP contribution in [0.15, 0.2) is 0 Å². The Bertz CT molecular complexity index is 109. The third-order valence-corrected chi connectivity index (χ3v) is 2.47. The van der Waals surface area contributed by atoms with Crippen LogP contribution in [0.25, 0.3) is 0 Å². The monoisotopic (exact) mass is 188 g/mol. The highest BCUT2D eigenvalue weighted by Crippen LogP contribution is 1.97. The van der Waals surface area contributed by atoms with Crippen molar-refractivity contribution >= 4 is 0 Å². The second-order valence-electron chi connectivity index (χ2n) is 3.48. The van der Waals surface area contributed by atoms with Gasteiger partial charge in [0.15, 0.2) is 0 Å². The molecule has 0 radical (unpaired) electrons. The Morgan fingerprint density at radius 2 is 2.08 bits per heavy atom. The molecule has 1 unspecified atom stereocenters. The first-order valence-corrected chi connectivity index (χ1v) is 5.12. The number of hydrogen-bond donors (Lipinski definition) is 1. The largest absolute Gasteiger partial charge is 0.383 e. The average molecular weight is 188 g/mol. The molecule has 80 valence electrons. The zero-order valence-corrected chi connectivity index (χ0v) is 9.47. The number of ether oxygens (including phenoxy) is 1. The van der Waals surface area contributed by atoms with Crippen LogP contribution in [0.4, 0.5) is 0 Å². The van der Waals surface area contributed by atoms with E-state index in [1.54, 1.807) is 7.11 Å². The number of likely N-dealkylation sites (N-methyl/N-ethyl adjacent to an activating group) is 1. The zero-order chi connectivity index (χ0) is 10.1. The van der Waals surface area contributed by atoms with Crippen LogP contribution in [-0.4, -0.2) is 51.3 Å². The maximum absolute atomic E-state index is 4.94. The van der Waals surface area contributed by atoms with Gasteiger partial charge in [0.25, 0.3) is 0 Å². The highest BCUT2D eigenvalue weighted by atomic mass is 16.5. The van der Waals surface area contributed by atoms with Crippen LogP contribution < -0.4 is 5.32 Å². The van der Waals surface area contributed by atoms with E-state index in [9.17, 15) is 0 Å². The summed E-state index contributed by atoms with van der Waals surface area (Å²) in [5.74, 6) is 0. The number of methoxy groups -OCH3 is 1. The van der Waals surface area contributed by atoms with Crippen molar-refractivity contribution in [1.82, 2.24) is 10.2 Å². The molecule has 0 aliphatic heterocycles. The summed E-state index contributed by atoms with van der Waals surface area (Å²) in [4.78, 5) is 2.37. The fourth-order valence-electron chi connectivity index (χ4n) is 1.09.